The van der Waals surface area contributed by atoms with Gasteiger partial charge in [0, 0.05) is 48.9 Å². The third-order valence-corrected chi connectivity index (χ3v) is 9.24. The molecule has 7 rings (SSSR count). The van der Waals surface area contributed by atoms with Crippen molar-refractivity contribution in [3.05, 3.63) is 60.3 Å². The molecule has 202 valence electrons. The van der Waals surface area contributed by atoms with E-state index in [1.165, 1.54) is 0 Å². The second-order valence-corrected chi connectivity index (χ2v) is 11.3. The number of nitrogens with zero attached hydrogens (tertiary/aromatic N) is 5. The van der Waals surface area contributed by atoms with Crippen LogP contribution in [0.1, 0.15) is 37.7 Å². The fourth-order valence-electron chi connectivity index (χ4n) is 7.55. The van der Waals surface area contributed by atoms with Gasteiger partial charge in [-0.1, -0.05) is 36.4 Å². The van der Waals surface area contributed by atoms with Crippen LogP contribution in [0.15, 0.2) is 54.7 Å². The van der Waals surface area contributed by atoms with Gasteiger partial charge in [-0.25, -0.2) is 0 Å². The van der Waals surface area contributed by atoms with Gasteiger partial charge in [0.1, 0.15) is 12.1 Å². The molecule has 0 unspecified atom stereocenters. The van der Waals surface area contributed by atoms with E-state index in [4.69, 9.17) is 0 Å². The van der Waals surface area contributed by atoms with Crippen LogP contribution in [0, 0.1) is 5.92 Å². The summed E-state index contributed by atoms with van der Waals surface area (Å²) < 4.78 is 1.75. The average molecular weight is 527 g/mol. The monoisotopic (exact) mass is 526 g/mol. The van der Waals surface area contributed by atoms with Crippen LogP contribution >= 0.6 is 0 Å². The van der Waals surface area contributed by atoms with Crippen LogP contribution in [0.25, 0.3) is 10.9 Å². The highest BCUT2D eigenvalue weighted by atomic mass is 16.2. The van der Waals surface area contributed by atoms with Gasteiger partial charge in [0.2, 0.25) is 11.8 Å². The standard InChI is InChI=1S/C30H34N6O3/c37-27(20-36-25-11-3-1-8-21(25)19-32-36)33-14-6-13-31-28(38)24-18-22-9-5-17-35(22)30(24)23-10-2-4-12-26(23)34(29(30)39)16-7-15-33/h1-4,8,10-12,19,22,24H,5-7,9,13-18,20H2,(H,31,38)/t22-,24-,30+/m0/s1. The van der Waals surface area contributed by atoms with E-state index in [-0.39, 0.29) is 30.3 Å². The molecular formula is C30H34N6O3. The van der Waals surface area contributed by atoms with Crippen LogP contribution in [0.2, 0.25) is 0 Å². The van der Waals surface area contributed by atoms with Crippen LogP contribution in [0.3, 0.4) is 0 Å². The zero-order valence-electron chi connectivity index (χ0n) is 22.1. The van der Waals surface area contributed by atoms with Gasteiger partial charge in [0.25, 0.3) is 5.91 Å². The van der Waals surface area contributed by atoms with E-state index in [1.54, 1.807) is 10.9 Å². The highest BCUT2D eigenvalue weighted by Crippen LogP contribution is 2.57. The molecule has 1 N–H and O–H groups in total. The number of anilines is 1. The van der Waals surface area contributed by atoms with Crippen molar-refractivity contribution >= 4 is 34.3 Å². The van der Waals surface area contributed by atoms with Gasteiger partial charge in [0.05, 0.1) is 17.6 Å². The first-order chi connectivity index (χ1) is 19.1. The lowest BCUT2D eigenvalue weighted by molar-refractivity contribution is -0.138. The van der Waals surface area contributed by atoms with E-state index < -0.39 is 11.5 Å². The van der Waals surface area contributed by atoms with Gasteiger partial charge >= 0.3 is 0 Å². The predicted octanol–water partition coefficient (Wildman–Crippen LogP) is 2.50. The zero-order valence-corrected chi connectivity index (χ0v) is 22.1. The van der Waals surface area contributed by atoms with Crippen molar-refractivity contribution < 1.29 is 14.4 Å². The number of hydrogen-bond acceptors (Lipinski definition) is 5. The third kappa shape index (κ3) is 3.70. The highest BCUT2D eigenvalue weighted by molar-refractivity contribution is 6.11. The number of amides is 3. The molecule has 3 atom stereocenters. The molecule has 4 aliphatic rings. The summed E-state index contributed by atoms with van der Waals surface area (Å²) in [6.45, 7) is 3.08. The number of benzene rings is 2. The number of fused-ring (bicyclic) bond motifs is 5. The zero-order chi connectivity index (χ0) is 26.6. The Morgan fingerprint density at radius 3 is 2.72 bits per heavy atom. The minimum absolute atomic E-state index is 0.00792. The van der Waals surface area contributed by atoms with Crippen molar-refractivity contribution in [2.45, 2.75) is 50.2 Å². The van der Waals surface area contributed by atoms with Gasteiger partial charge in [-0.15, -0.1) is 0 Å². The van der Waals surface area contributed by atoms with Crippen molar-refractivity contribution in [2.75, 3.05) is 37.6 Å². The first kappa shape index (κ1) is 24.3. The fourth-order valence-corrected chi connectivity index (χ4v) is 7.55. The van der Waals surface area contributed by atoms with Gasteiger partial charge in [0.15, 0.2) is 0 Å². The van der Waals surface area contributed by atoms with Crippen molar-refractivity contribution in [2.24, 2.45) is 5.92 Å². The summed E-state index contributed by atoms with van der Waals surface area (Å²) >= 11 is 0. The van der Waals surface area contributed by atoms with Crippen molar-refractivity contribution in [3.8, 4) is 0 Å². The molecule has 0 aliphatic carbocycles. The molecule has 0 radical (unpaired) electrons. The Balaban J connectivity index is 1.18. The maximum Gasteiger partial charge on any atom is 0.253 e. The Morgan fingerprint density at radius 1 is 0.974 bits per heavy atom. The molecule has 9 heteroatoms. The third-order valence-electron chi connectivity index (χ3n) is 9.24. The molecule has 2 bridgehead atoms. The molecule has 4 aliphatic heterocycles. The Kier molecular flexibility index (Phi) is 5.91. The lowest BCUT2D eigenvalue weighted by Gasteiger charge is -2.37. The summed E-state index contributed by atoms with van der Waals surface area (Å²) in [7, 11) is 0. The SMILES string of the molecule is O=C1NCCCN(C(=O)Cn2ncc3ccccc32)CCCN2C(=O)[C@@]3(c4ccccc42)[C@H]1C[C@@H]1CCCN13. The summed E-state index contributed by atoms with van der Waals surface area (Å²) in [6.07, 6.45) is 5.91. The lowest BCUT2D eigenvalue weighted by Crippen LogP contribution is -2.56. The topological polar surface area (TPSA) is 90.8 Å². The van der Waals surface area contributed by atoms with Crippen LogP contribution in [-0.4, -0.2) is 76.1 Å². The largest absolute Gasteiger partial charge is 0.356 e. The predicted molar refractivity (Wildman–Crippen MR) is 147 cm³/mol. The van der Waals surface area contributed by atoms with E-state index in [2.05, 4.69) is 15.3 Å². The molecule has 0 saturated carbocycles. The lowest BCUT2D eigenvalue weighted by atomic mass is 9.78. The van der Waals surface area contributed by atoms with Crippen LogP contribution in [-0.2, 0) is 26.5 Å². The quantitative estimate of drug-likeness (QED) is 0.554. The number of carbonyl (C=O) groups is 3. The summed E-state index contributed by atoms with van der Waals surface area (Å²) in [5.41, 5.74) is 1.88. The summed E-state index contributed by atoms with van der Waals surface area (Å²) in [6, 6.07) is 16.1. The molecule has 5 heterocycles. The Labute approximate surface area is 227 Å². The smallest absolute Gasteiger partial charge is 0.253 e. The van der Waals surface area contributed by atoms with Gasteiger partial charge in [-0.05, 0) is 50.8 Å². The number of para-hydroxylation sites is 2. The number of nitrogens with one attached hydrogen (secondary N) is 1. The number of hydrogen-bond donors (Lipinski definition) is 1. The van der Waals surface area contributed by atoms with Crippen LogP contribution < -0.4 is 10.2 Å². The fraction of sp³-hybridized carbons (Fsp3) is 0.467. The Hall–Kier alpha value is -3.72. The molecule has 3 amide bonds. The number of aromatic nitrogens is 2. The number of rotatable bonds is 2. The highest BCUT2D eigenvalue weighted by Gasteiger charge is 2.67. The van der Waals surface area contributed by atoms with Crippen molar-refractivity contribution in [1.29, 1.82) is 0 Å². The molecule has 2 aromatic carbocycles. The number of carbonyl (C=O) groups excluding carboxylic acids is 3. The van der Waals surface area contributed by atoms with E-state index in [0.29, 0.717) is 45.4 Å². The minimum atomic E-state index is -0.924. The first-order valence-electron chi connectivity index (χ1n) is 14.2. The molecule has 1 aromatic heterocycles. The summed E-state index contributed by atoms with van der Waals surface area (Å²) in [4.78, 5) is 47.7. The van der Waals surface area contributed by atoms with Crippen molar-refractivity contribution in [1.82, 2.24) is 24.9 Å². The van der Waals surface area contributed by atoms with Gasteiger partial charge in [-0.3, -0.25) is 24.0 Å². The normalized spacial score (nSPS) is 27.4. The maximum atomic E-state index is 14.4. The molecular weight excluding hydrogens is 492 g/mol. The molecule has 3 fully saturated rings. The van der Waals surface area contributed by atoms with Gasteiger partial charge in [-0.2, -0.15) is 5.10 Å². The molecule has 39 heavy (non-hydrogen) atoms. The second-order valence-electron chi connectivity index (χ2n) is 11.3. The average Bonchev–Trinajstić information content (AvgIpc) is 3.70. The first-order valence-corrected chi connectivity index (χ1v) is 14.2. The van der Waals surface area contributed by atoms with E-state index in [0.717, 1.165) is 41.5 Å². The Morgan fingerprint density at radius 2 is 1.79 bits per heavy atom. The Bertz CT molecular complexity index is 1450. The summed E-state index contributed by atoms with van der Waals surface area (Å²) in [5.74, 6) is -0.442. The van der Waals surface area contributed by atoms with Gasteiger partial charge < -0.3 is 15.1 Å². The second kappa shape index (κ2) is 9.48. The summed E-state index contributed by atoms with van der Waals surface area (Å²) in [5, 5.41) is 8.59. The maximum absolute atomic E-state index is 14.4. The van der Waals surface area contributed by atoms with E-state index in [1.807, 2.05) is 58.3 Å². The van der Waals surface area contributed by atoms with Crippen LogP contribution in [0.4, 0.5) is 5.69 Å². The minimum Gasteiger partial charge on any atom is -0.356 e. The van der Waals surface area contributed by atoms with E-state index in [9.17, 15) is 14.4 Å². The van der Waals surface area contributed by atoms with E-state index >= 15 is 0 Å². The molecule has 1 spiro atoms. The van der Waals surface area contributed by atoms with Crippen LogP contribution in [0.5, 0.6) is 0 Å². The molecule has 3 saturated heterocycles. The molecule has 3 aromatic rings. The molecule has 9 nitrogen and oxygen atoms in total. The van der Waals surface area contributed by atoms with Crippen molar-refractivity contribution in [3.63, 3.8) is 0 Å².